The van der Waals surface area contributed by atoms with Gasteiger partial charge in [-0.15, -0.1) is 0 Å². The summed E-state index contributed by atoms with van der Waals surface area (Å²) in [4.78, 5) is 0.0709. The standard InChI is InChI=1S/C11H17N3O4S/c1-9-11(10(2)18-13-9)19(15,16)14(6-4-5-12)7-8-17-3/h4,6-8H2,1-3H3. The average molecular weight is 287 g/mol. The van der Waals surface area contributed by atoms with Gasteiger partial charge in [0.25, 0.3) is 0 Å². The molecule has 1 aromatic rings. The molecular formula is C11H17N3O4S. The van der Waals surface area contributed by atoms with Crippen LogP contribution in [0.3, 0.4) is 0 Å². The molecule has 0 aromatic carbocycles. The molecule has 0 amide bonds. The van der Waals surface area contributed by atoms with Gasteiger partial charge in [-0.3, -0.25) is 0 Å². The van der Waals surface area contributed by atoms with E-state index in [2.05, 4.69) is 5.16 Å². The van der Waals surface area contributed by atoms with Crippen LogP contribution in [0.15, 0.2) is 9.42 Å². The maximum Gasteiger partial charge on any atom is 0.248 e. The normalized spacial score (nSPS) is 11.7. The Morgan fingerprint density at radius 2 is 2.11 bits per heavy atom. The smallest absolute Gasteiger partial charge is 0.248 e. The van der Waals surface area contributed by atoms with E-state index in [1.54, 1.807) is 13.8 Å². The Morgan fingerprint density at radius 1 is 1.42 bits per heavy atom. The first-order valence-corrected chi connectivity index (χ1v) is 7.18. The Kier molecular flexibility index (Phi) is 5.47. The molecule has 0 fully saturated rings. The first kappa shape index (κ1) is 15.6. The predicted octanol–water partition coefficient (Wildman–Crippen LogP) is 0.842. The maximum absolute atomic E-state index is 12.5. The van der Waals surface area contributed by atoms with Gasteiger partial charge in [-0.2, -0.15) is 9.57 Å². The summed E-state index contributed by atoms with van der Waals surface area (Å²) < 4.78 is 36.0. The van der Waals surface area contributed by atoms with Crippen LogP contribution in [0.1, 0.15) is 17.9 Å². The van der Waals surface area contributed by atoms with Crippen LogP contribution < -0.4 is 0 Å². The summed E-state index contributed by atoms with van der Waals surface area (Å²) in [5, 5.41) is 12.3. The van der Waals surface area contributed by atoms with Gasteiger partial charge in [0.15, 0.2) is 5.76 Å². The third-order valence-electron chi connectivity index (χ3n) is 2.58. The molecule has 0 aliphatic carbocycles. The van der Waals surface area contributed by atoms with Crippen molar-refractivity contribution in [3.8, 4) is 6.07 Å². The summed E-state index contributed by atoms with van der Waals surface area (Å²) in [6, 6.07) is 1.94. The van der Waals surface area contributed by atoms with Gasteiger partial charge in [0.1, 0.15) is 10.6 Å². The fourth-order valence-corrected chi connectivity index (χ4v) is 3.41. The number of sulfonamides is 1. The van der Waals surface area contributed by atoms with Crippen LogP contribution in [0.25, 0.3) is 0 Å². The number of aryl methyl sites for hydroxylation is 2. The van der Waals surface area contributed by atoms with Gasteiger partial charge < -0.3 is 9.26 Å². The van der Waals surface area contributed by atoms with E-state index in [9.17, 15) is 8.42 Å². The van der Waals surface area contributed by atoms with Gasteiger partial charge in [-0.25, -0.2) is 8.42 Å². The second kappa shape index (κ2) is 6.65. The van der Waals surface area contributed by atoms with E-state index in [0.29, 0.717) is 5.69 Å². The molecule has 0 aliphatic heterocycles. The maximum atomic E-state index is 12.5. The molecule has 19 heavy (non-hydrogen) atoms. The third-order valence-corrected chi connectivity index (χ3v) is 4.73. The highest BCUT2D eigenvalue weighted by molar-refractivity contribution is 7.89. The molecule has 8 heteroatoms. The van der Waals surface area contributed by atoms with Crippen molar-refractivity contribution in [2.24, 2.45) is 0 Å². The Bertz CT molecular complexity index is 539. The van der Waals surface area contributed by atoms with Gasteiger partial charge in [0, 0.05) is 26.6 Å². The van der Waals surface area contributed by atoms with E-state index in [1.165, 1.54) is 11.4 Å². The molecular weight excluding hydrogens is 270 g/mol. The van der Waals surface area contributed by atoms with E-state index in [4.69, 9.17) is 14.5 Å². The number of aromatic nitrogens is 1. The number of hydrogen-bond donors (Lipinski definition) is 0. The van der Waals surface area contributed by atoms with Crippen LogP contribution in [0.4, 0.5) is 0 Å². The number of ether oxygens (including phenoxy) is 1. The van der Waals surface area contributed by atoms with E-state index < -0.39 is 10.0 Å². The van der Waals surface area contributed by atoms with Crippen LogP contribution in [-0.2, 0) is 14.8 Å². The molecule has 7 nitrogen and oxygen atoms in total. The number of nitriles is 1. The summed E-state index contributed by atoms with van der Waals surface area (Å²) in [5.41, 5.74) is 0.317. The summed E-state index contributed by atoms with van der Waals surface area (Å²) in [6.45, 7) is 3.68. The first-order chi connectivity index (χ1) is 8.95. The zero-order chi connectivity index (χ0) is 14.5. The zero-order valence-electron chi connectivity index (χ0n) is 11.2. The highest BCUT2D eigenvalue weighted by Gasteiger charge is 2.30. The Balaban J connectivity index is 3.09. The SMILES string of the molecule is COCCN(CCC#N)S(=O)(=O)c1c(C)noc1C. The highest BCUT2D eigenvalue weighted by atomic mass is 32.2. The molecule has 0 saturated heterocycles. The third kappa shape index (κ3) is 3.53. The van der Waals surface area contributed by atoms with Crippen LogP contribution in [-0.4, -0.2) is 44.7 Å². The lowest BCUT2D eigenvalue weighted by Gasteiger charge is -2.20. The highest BCUT2D eigenvalue weighted by Crippen LogP contribution is 2.23. The molecule has 0 unspecified atom stereocenters. The lowest BCUT2D eigenvalue weighted by atomic mass is 10.4. The van der Waals surface area contributed by atoms with Crippen LogP contribution >= 0.6 is 0 Å². The second-order valence-electron chi connectivity index (χ2n) is 3.96. The molecule has 1 rings (SSSR count). The van der Waals surface area contributed by atoms with Crippen molar-refractivity contribution in [3.63, 3.8) is 0 Å². The van der Waals surface area contributed by atoms with Crippen LogP contribution in [0, 0.1) is 25.2 Å². The van der Waals surface area contributed by atoms with Crippen molar-refractivity contribution in [1.82, 2.24) is 9.46 Å². The topological polar surface area (TPSA) is 96.4 Å². The minimum atomic E-state index is -3.72. The predicted molar refractivity (Wildman–Crippen MR) is 66.8 cm³/mol. The fraction of sp³-hybridized carbons (Fsp3) is 0.636. The van der Waals surface area contributed by atoms with Gasteiger partial charge in [-0.05, 0) is 13.8 Å². The van der Waals surface area contributed by atoms with E-state index in [-0.39, 0.29) is 36.8 Å². The van der Waals surface area contributed by atoms with Crippen molar-refractivity contribution in [1.29, 1.82) is 5.26 Å². The quantitative estimate of drug-likeness (QED) is 0.737. The molecule has 0 bridgehead atoms. The monoisotopic (exact) mass is 287 g/mol. The minimum Gasteiger partial charge on any atom is -0.383 e. The number of hydrogen-bond acceptors (Lipinski definition) is 6. The lowest BCUT2D eigenvalue weighted by Crippen LogP contribution is -2.35. The van der Waals surface area contributed by atoms with Gasteiger partial charge >= 0.3 is 0 Å². The zero-order valence-corrected chi connectivity index (χ0v) is 12.0. The van der Waals surface area contributed by atoms with E-state index >= 15 is 0 Å². The molecule has 106 valence electrons. The molecule has 0 aliphatic rings. The van der Waals surface area contributed by atoms with Crippen molar-refractivity contribution in [2.75, 3.05) is 26.8 Å². The largest absolute Gasteiger partial charge is 0.383 e. The molecule has 1 heterocycles. The second-order valence-corrected chi connectivity index (χ2v) is 5.83. The summed E-state index contributed by atoms with van der Waals surface area (Å²) in [5.74, 6) is 0.247. The Hall–Kier alpha value is -1.43. The first-order valence-electron chi connectivity index (χ1n) is 5.74. The molecule has 0 atom stereocenters. The van der Waals surface area contributed by atoms with Gasteiger partial charge in [0.05, 0.1) is 12.7 Å². The Morgan fingerprint density at radius 3 is 2.58 bits per heavy atom. The van der Waals surface area contributed by atoms with Crippen molar-refractivity contribution >= 4 is 10.0 Å². The number of rotatable bonds is 7. The van der Waals surface area contributed by atoms with Crippen molar-refractivity contribution in [3.05, 3.63) is 11.5 Å². The van der Waals surface area contributed by atoms with E-state index in [0.717, 1.165) is 0 Å². The summed E-state index contributed by atoms with van der Waals surface area (Å²) >= 11 is 0. The van der Waals surface area contributed by atoms with Crippen LogP contribution in [0.5, 0.6) is 0 Å². The summed E-state index contributed by atoms with van der Waals surface area (Å²) in [7, 11) is -2.23. The average Bonchev–Trinajstić information content (AvgIpc) is 2.69. The fourth-order valence-electron chi connectivity index (χ4n) is 1.69. The lowest BCUT2D eigenvalue weighted by molar-refractivity contribution is 0.179. The van der Waals surface area contributed by atoms with Gasteiger partial charge in [0.2, 0.25) is 10.0 Å². The molecule has 0 saturated carbocycles. The molecule has 0 N–H and O–H groups in total. The number of nitrogens with zero attached hydrogens (tertiary/aromatic N) is 3. The van der Waals surface area contributed by atoms with Crippen molar-refractivity contribution in [2.45, 2.75) is 25.2 Å². The number of methoxy groups -OCH3 is 1. The molecule has 0 spiro atoms. The van der Waals surface area contributed by atoms with Crippen LogP contribution in [0.2, 0.25) is 0 Å². The van der Waals surface area contributed by atoms with Crippen molar-refractivity contribution < 1.29 is 17.7 Å². The minimum absolute atomic E-state index is 0.0709. The van der Waals surface area contributed by atoms with Gasteiger partial charge in [-0.1, -0.05) is 5.16 Å². The molecule has 0 radical (unpaired) electrons. The van der Waals surface area contributed by atoms with E-state index in [1.807, 2.05) is 6.07 Å². The summed E-state index contributed by atoms with van der Waals surface area (Å²) in [6.07, 6.45) is 0.117. The molecule has 1 aromatic heterocycles. The Labute approximate surface area is 112 Å².